The van der Waals surface area contributed by atoms with Crippen LogP contribution < -0.4 is 14.4 Å². The molecule has 1 heterocycles. The highest BCUT2D eigenvalue weighted by atomic mass is 19.4. The van der Waals surface area contributed by atoms with E-state index in [4.69, 9.17) is 9.47 Å². The highest BCUT2D eigenvalue weighted by molar-refractivity contribution is 5.68. The van der Waals surface area contributed by atoms with Crippen LogP contribution in [0.1, 0.15) is 37.3 Å². The largest absolute Gasteiger partial charge is 0.491 e. The molecular formula is C24H26F3N3O2. The summed E-state index contributed by atoms with van der Waals surface area (Å²) in [6, 6.07) is 16.1. The van der Waals surface area contributed by atoms with Gasteiger partial charge in [0, 0.05) is 13.2 Å². The molecule has 2 aromatic carbocycles. The normalized spacial score (nSPS) is 11.3. The maximum Gasteiger partial charge on any atom is 0.421 e. The van der Waals surface area contributed by atoms with Crippen LogP contribution in [0.5, 0.6) is 11.8 Å². The lowest BCUT2D eigenvalue weighted by molar-refractivity contribution is -0.137. The van der Waals surface area contributed by atoms with Gasteiger partial charge in [-0.3, -0.25) is 0 Å². The molecule has 0 fully saturated rings. The van der Waals surface area contributed by atoms with Crippen molar-refractivity contribution >= 4 is 11.5 Å². The van der Waals surface area contributed by atoms with Gasteiger partial charge in [0.2, 0.25) is 0 Å². The first-order valence-electron chi connectivity index (χ1n) is 10.5. The number of para-hydroxylation sites is 2. The Labute approximate surface area is 185 Å². The van der Waals surface area contributed by atoms with Gasteiger partial charge < -0.3 is 14.4 Å². The van der Waals surface area contributed by atoms with Crippen molar-refractivity contribution in [3.8, 4) is 11.8 Å². The van der Waals surface area contributed by atoms with E-state index in [1.54, 1.807) is 24.3 Å². The summed E-state index contributed by atoms with van der Waals surface area (Å²) >= 11 is 0. The SMILES string of the molecule is CCCCCOc1ccccc1N(C)c1nc(OCc2ccccc2)ncc1C(F)(F)F. The number of halogens is 3. The molecule has 0 unspecified atom stereocenters. The van der Waals surface area contributed by atoms with Crippen molar-refractivity contribution in [1.29, 1.82) is 0 Å². The Morgan fingerprint density at radius 1 is 0.938 bits per heavy atom. The van der Waals surface area contributed by atoms with Crippen molar-refractivity contribution in [3.05, 3.63) is 71.9 Å². The van der Waals surface area contributed by atoms with Crippen molar-refractivity contribution < 1.29 is 22.6 Å². The molecule has 0 amide bonds. The van der Waals surface area contributed by atoms with Gasteiger partial charge in [-0.05, 0) is 24.1 Å². The predicted molar refractivity (Wildman–Crippen MR) is 117 cm³/mol. The summed E-state index contributed by atoms with van der Waals surface area (Å²) < 4.78 is 52.6. The molecule has 3 aromatic rings. The Morgan fingerprint density at radius 3 is 2.38 bits per heavy atom. The number of anilines is 2. The molecule has 0 spiro atoms. The van der Waals surface area contributed by atoms with Gasteiger partial charge in [-0.2, -0.15) is 18.2 Å². The van der Waals surface area contributed by atoms with Gasteiger partial charge in [0.05, 0.1) is 12.3 Å². The quantitative estimate of drug-likeness (QED) is 0.338. The Bertz CT molecular complexity index is 997. The molecule has 5 nitrogen and oxygen atoms in total. The third-order valence-corrected chi connectivity index (χ3v) is 4.81. The molecule has 8 heteroatoms. The molecule has 32 heavy (non-hydrogen) atoms. The Balaban J connectivity index is 1.89. The van der Waals surface area contributed by atoms with Gasteiger partial charge in [0.15, 0.2) is 5.82 Å². The fourth-order valence-electron chi connectivity index (χ4n) is 3.11. The van der Waals surface area contributed by atoms with Gasteiger partial charge in [-0.25, -0.2) is 4.98 Å². The number of aromatic nitrogens is 2. The summed E-state index contributed by atoms with van der Waals surface area (Å²) in [6.07, 6.45) is -0.938. The summed E-state index contributed by atoms with van der Waals surface area (Å²) in [5.74, 6) is 0.185. The van der Waals surface area contributed by atoms with Crippen LogP contribution in [0.25, 0.3) is 0 Å². The van der Waals surface area contributed by atoms with E-state index < -0.39 is 11.7 Å². The van der Waals surface area contributed by atoms with Crippen LogP contribution in [0.2, 0.25) is 0 Å². The molecule has 0 saturated carbocycles. The Morgan fingerprint density at radius 2 is 1.66 bits per heavy atom. The first-order valence-corrected chi connectivity index (χ1v) is 10.5. The number of rotatable bonds is 10. The first-order chi connectivity index (χ1) is 15.4. The van der Waals surface area contributed by atoms with Crippen molar-refractivity contribution in [1.82, 2.24) is 9.97 Å². The second-order valence-electron chi connectivity index (χ2n) is 7.24. The molecule has 0 aliphatic heterocycles. The van der Waals surface area contributed by atoms with E-state index in [1.807, 2.05) is 30.3 Å². The minimum Gasteiger partial charge on any atom is -0.491 e. The van der Waals surface area contributed by atoms with Crippen LogP contribution in [0.15, 0.2) is 60.8 Å². The fraction of sp³-hybridized carbons (Fsp3) is 0.333. The number of ether oxygens (including phenoxy) is 2. The number of alkyl halides is 3. The lowest BCUT2D eigenvalue weighted by Crippen LogP contribution is -2.20. The molecule has 0 N–H and O–H groups in total. The van der Waals surface area contributed by atoms with Crippen LogP contribution in [0.3, 0.4) is 0 Å². The van der Waals surface area contributed by atoms with E-state index in [0.29, 0.717) is 18.0 Å². The number of nitrogens with zero attached hydrogens (tertiary/aromatic N) is 3. The fourth-order valence-corrected chi connectivity index (χ4v) is 3.11. The minimum absolute atomic E-state index is 0.134. The number of hydrogen-bond acceptors (Lipinski definition) is 5. The van der Waals surface area contributed by atoms with E-state index in [-0.39, 0.29) is 18.4 Å². The molecule has 0 saturated heterocycles. The van der Waals surface area contributed by atoms with Gasteiger partial charge in [-0.1, -0.05) is 62.2 Å². The third kappa shape index (κ3) is 6.12. The molecule has 0 aliphatic rings. The van der Waals surface area contributed by atoms with Crippen LogP contribution in [-0.2, 0) is 12.8 Å². The van der Waals surface area contributed by atoms with Gasteiger partial charge in [-0.15, -0.1) is 0 Å². The van der Waals surface area contributed by atoms with E-state index in [9.17, 15) is 13.2 Å². The first kappa shape index (κ1) is 23.4. The van der Waals surface area contributed by atoms with Gasteiger partial charge in [0.25, 0.3) is 0 Å². The zero-order valence-electron chi connectivity index (χ0n) is 18.1. The number of hydrogen-bond donors (Lipinski definition) is 0. The maximum absolute atomic E-state index is 13.7. The lowest BCUT2D eigenvalue weighted by atomic mass is 10.2. The standard InChI is InChI=1S/C24H26F3N3O2/c1-3-4-10-15-31-21-14-9-8-13-20(21)30(2)22-19(24(25,26)27)16-28-23(29-22)32-17-18-11-6-5-7-12-18/h5-9,11-14,16H,3-4,10,15,17H2,1-2H3. The summed E-state index contributed by atoms with van der Waals surface area (Å²) in [4.78, 5) is 9.23. The number of benzene rings is 2. The predicted octanol–water partition coefficient (Wildman–Crippen LogP) is 6.41. The molecular weight excluding hydrogens is 419 g/mol. The molecule has 0 aliphatic carbocycles. The zero-order chi connectivity index (χ0) is 23.0. The molecule has 170 valence electrons. The Kier molecular flexibility index (Phi) is 7.92. The average molecular weight is 445 g/mol. The molecule has 0 bridgehead atoms. The highest BCUT2D eigenvalue weighted by Gasteiger charge is 2.37. The zero-order valence-corrected chi connectivity index (χ0v) is 18.1. The van der Waals surface area contributed by atoms with Gasteiger partial charge >= 0.3 is 12.2 Å². The summed E-state index contributed by atoms with van der Waals surface area (Å²) in [7, 11) is 1.52. The van der Waals surface area contributed by atoms with Crippen molar-refractivity contribution in [2.45, 2.75) is 39.0 Å². The van der Waals surface area contributed by atoms with Crippen LogP contribution in [-0.4, -0.2) is 23.6 Å². The minimum atomic E-state index is -4.63. The van der Waals surface area contributed by atoms with Crippen molar-refractivity contribution in [2.24, 2.45) is 0 Å². The second-order valence-corrected chi connectivity index (χ2v) is 7.24. The van der Waals surface area contributed by atoms with E-state index in [1.165, 1.54) is 11.9 Å². The smallest absolute Gasteiger partial charge is 0.421 e. The monoisotopic (exact) mass is 445 g/mol. The lowest BCUT2D eigenvalue weighted by Gasteiger charge is -2.24. The topological polar surface area (TPSA) is 47.5 Å². The van der Waals surface area contributed by atoms with E-state index in [0.717, 1.165) is 31.0 Å². The maximum atomic E-state index is 13.7. The number of unbranched alkanes of at least 4 members (excludes halogenated alkanes) is 2. The van der Waals surface area contributed by atoms with Crippen LogP contribution >= 0.6 is 0 Å². The summed E-state index contributed by atoms with van der Waals surface area (Å²) in [5, 5.41) is 0. The van der Waals surface area contributed by atoms with Gasteiger partial charge in [0.1, 0.15) is 17.9 Å². The van der Waals surface area contributed by atoms with Crippen LogP contribution in [0, 0.1) is 0 Å². The molecule has 3 rings (SSSR count). The Hall–Kier alpha value is -3.29. The van der Waals surface area contributed by atoms with Crippen molar-refractivity contribution in [3.63, 3.8) is 0 Å². The highest BCUT2D eigenvalue weighted by Crippen LogP contribution is 2.40. The average Bonchev–Trinajstić information content (AvgIpc) is 2.80. The summed E-state index contributed by atoms with van der Waals surface area (Å²) in [6.45, 7) is 2.72. The third-order valence-electron chi connectivity index (χ3n) is 4.81. The van der Waals surface area contributed by atoms with Crippen LogP contribution in [0.4, 0.5) is 24.7 Å². The molecule has 0 atom stereocenters. The second kappa shape index (κ2) is 10.8. The van der Waals surface area contributed by atoms with E-state index >= 15 is 0 Å². The van der Waals surface area contributed by atoms with Crippen molar-refractivity contribution in [2.75, 3.05) is 18.6 Å². The molecule has 1 aromatic heterocycles. The molecule has 0 radical (unpaired) electrons. The summed E-state index contributed by atoms with van der Waals surface area (Å²) in [5.41, 5.74) is 0.381. The van der Waals surface area contributed by atoms with E-state index in [2.05, 4.69) is 16.9 Å².